The van der Waals surface area contributed by atoms with E-state index in [1.54, 1.807) is 18.2 Å². The van der Waals surface area contributed by atoms with Crippen LogP contribution in [0.4, 0.5) is 0 Å². The Morgan fingerprint density at radius 1 is 1.07 bits per heavy atom. The Kier molecular flexibility index (Phi) is 4.45. The second-order valence-electron chi connectivity index (χ2n) is 9.32. The number of hydrogen-bond acceptors (Lipinski definition) is 7. The molecule has 1 aromatic rings. The molecule has 1 saturated carbocycles. The van der Waals surface area contributed by atoms with E-state index in [0.717, 1.165) is 25.7 Å². The van der Waals surface area contributed by atoms with Gasteiger partial charge in [-0.3, -0.25) is 4.18 Å². The lowest BCUT2D eigenvalue weighted by Gasteiger charge is -2.50. The highest BCUT2D eigenvalue weighted by Crippen LogP contribution is 2.63. The molecular formula is C21H28O7S. The second kappa shape index (κ2) is 6.48. The van der Waals surface area contributed by atoms with E-state index in [2.05, 4.69) is 6.92 Å². The van der Waals surface area contributed by atoms with Gasteiger partial charge < -0.3 is 9.47 Å². The Morgan fingerprint density at radius 3 is 2.59 bits per heavy atom. The Morgan fingerprint density at radius 2 is 1.83 bits per heavy atom. The van der Waals surface area contributed by atoms with Crippen LogP contribution in [0.25, 0.3) is 0 Å². The van der Waals surface area contributed by atoms with Gasteiger partial charge in [0.1, 0.15) is 0 Å². The molecule has 0 N–H and O–H groups in total. The zero-order valence-electron chi connectivity index (χ0n) is 17.0. The third-order valence-corrected chi connectivity index (χ3v) is 8.64. The highest BCUT2D eigenvalue weighted by atomic mass is 32.2. The molecule has 1 unspecified atom stereocenters. The van der Waals surface area contributed by atoms with Crippen LogP contribution in [0.5, 0.6) is 0 Å². The van der Waals surface area contributed by atoms with Gasteiger partial charge in [-0.1, -0.05) is 25.1 Å². The van der Waals surface area contributed by atoms with Crippen molar-refractivity contribution in [3.05, 3.63) is 30.3 Å². The van der Waals surface area contributed by atoms with Crippen molar-refractivity contribution in [2.75, 3.05) is 6.61 Å². The van der Waals surface area contributed by atoms with E-state index in [4.69, 9.17) is 23.4 Å². The Balaban J connectivity index is 1.45. The fourth-order valence-electron chi connectivity index (χ4n) is 5.79. The molecule has 0 amide bonds. The van der Waals surface area contributed by atoms with Gasteiger partial charge in [-0.25, -0.2) is 9.78 Å². The van der Waals surface area contributed by atoms with Crippen LogP contribution in [-0.4, -0.2) is 38.3 Å². The first-order chi connectivity index (χ1) is 13.7. The van der Waals surface area contributed by atoms with Crippen LogP contribution in [0.1, 0.15) is 46.5 Å². The molecule has 4 heterocycles. The second-order valence-corrected chi connectivity index (χ2v) is 10.9. The van der Waals surface area contributed by atoms with Crippen LogP contribution in [-0.2, 0) is 33.6 Å². The maximum absolute atomic E-state index is 12.7. The topological polar surface area (TPSA) is 80.3 Å². The van der Waals surface area contributed by atoms with Crippen LogP contribution < -0.4 is 0 Å². The van der Waals surface area contributed by atoms with E-state index in [-0.39, 0.29) is 23.3 Å². The van der Waals surface area contributed by atoms with Crippen molar-refractivity contribution in [2.45, 2.75) is 74.6 Å². The van der Waals surface area contributed by atoms with E-state index in [9.17, 15) is 8.42 Å². The van der Waals surface area contributed by atoms with Crippen molar-refractivity contribution < 1.29 is 31.8 Å². The maximum atomic E-state index is 12.7. The van der Waals surface area contributed by atoms with Crippen LogP contribution in [0.15, 0.2) is 35.2 Å². The predicted octanol–water partition coefficient (Wildman–Crippen LogP) is 3.40. The van der Waals surface area contributed by atoms with E-state index in [0.29, 0.717) is 5.92 Å². The van der Waals surface area contributed by atoms with Crippen molar-refractivity contribution in [1.29, 1.82) is 0 Å². The zero-order chi connectivity index (χ0) is 20.5. The lowest BCUT2D eigenvalue weighted by Crippen LogP contribution is -2.62. The normalized spacial score (nSPS) is 46.3. The highest BCUT2D eigenvalue weighted by Gasteiger charge is 2.74. The summed E-state index contributed by atoms with van der Waals surface area (Å²) < 4.78 is 43.5. The van der Waals surface area contributed by atoms with Gasteiger partial charge in [-0.05, 0) is 57.1 Å². The molecule has 0 aromatic heterocycles. The summed E-state index contributed by atoms with van der Waals surface area (Å²) >= 11 is 0. The van der Waals surface area contributed by atoms with Crippen molar-refractivity contribution in [3.8, 4) is 0 Å². The van der Waals surface area contributed by atoms with Gasteiger partial charge in [0.15, 0.2) is 11.9 Å². The minimum absolute atomic E-state index is 0.0881. The Bertz CT molecular complexity index is 890. The summed E-state index contributed by atoms with van der Waals surface area (Å²) in [5.74, 6) is -0.265. The lowest BCUT2D eigenvalue weighted by atomic mass is 9.60. The minimum Gasteiger partial charge on any atom is -0.340 e. The molecular weight excluding hydrogens is 396 g/mol. The fraction of sp³-hybridized carbons (Fsp3) is 0.714. The molecule has 5 fully saturated rings. The van der Waals surface area contributed by atoms with Crippen molar-refractivity contribution in [3.63, 3.8) is 0 Å². The van der Waals surface area contributed by atoms with Crippen LogP contribution in [0, 0.1) is 17.8 Å². The summed E-state index contributed by atoms with van der Waals surface area (Å²) in [5, 5.41) is 0. The molecule has 6 rings (SSSR count). The first-order valence-corrected chi connectivity index (χ1v) is 11.8. The first kappa shape index (κ1) is 19.9. The largest absolute Gasteiger partial charge is 0.340 e. The molecule has 5 aliphatic rings. The lowest BCUT2D eigenvalue weighted by molar-refractivity contribution is -0.541. The molecule has 29 heavy (non-hydrogen) atoms. The third kappa shape index (κ3) is 2.91. The van der Waals surface area contributed by atoms with Gasteiger partial charge in [0.25, 0.3) is 10.1 Å². The predicted molar refractivity (Wildman–Crippen MR) is 102 cm³/mol. The van der Waals surface area contributed by atoms with Gasteiger partial charge in [0.2, 0.25) is 5.79 Å². The van der Waals surface area contributed by atoms with E-state index >= 15 is 0 Å². The van der Waals surface area contributed by atoms with E-state index in [1.807, 2.05) is 13.8 Å². The zero-order valence-corrected chi connectivity index (χ0v) is 17.8. The molecule has 4 saturated heterocycles. The van der Waals surface area contributed by atoms with Crippen LogP contribution >= 0.6 is 0 Å². The van der Waals surface area contributed by atoms with E-state index < -0.39 is 33.4 Å². The maximum Gasteiger partial charge on any atom is 0.297 e. The van der Waals surface area contributed by atoms with Crippen LogP contribution in [0.3, 0.4) is 0 Å². The highest BCUT2D eigenvalue weighted by molar-refractivity contribution is 7.86. The molecule has 7 atom stereocenters. The number of fused-ring (bicyclic) bond motifs is 2. The van der Waals surface area contributed by atoms with Crippen molar-refractivity contribution in [2.24, 2.45) is 17.8 Å². The van der Waals surface area contributed by atoms with Gasteiger partial charge in [-0.2, -0.15) is 8.42 Å². The van der Waals surface area contributed by atoms with Gasteiger partial charge >= 0.3 is 0 Å². The van der Waals surface area contributed by atoms with E-state index in [1.165, 1.54) is 12.1 Å². The third-order valence-electron chi connectivity index (χ3n) is 7.36. The summed E-state index contributed by atoms with van der Waals surface area (Å²) in [6.07, 6.45) is 2.92. The average Bonchev–Trinajstić information content (AvgIpc) is 2.78. The summed E-state index contributed by atoms with van der Waals surface area (Å²) in [6.45, 7) is 5.91. The summed E-state index contributed by atoms with van der Waals surface area (Å²) in [7, 11) is -3.88. The number of ether oxygens (including phenoxy) is 2. The van der Waals surface area contributed by atoms with Crippen molar-refractivity contribution in [1.82, 2.24) is 0 Å². The minimum atomic E-state index is -3.88. The number of rotatable bonds is 4. The molecule has 8 heteroatoms. The standard InChI is InChI=1S/C21H28O7S/c1-14-9-10-17-19(2,13-24-29(22,23)15-7-5-4-6-8-15)25-18-21(17)16(14)11-12-20(3,26-18)27-28-21/h4-8,14,16-18H,9-13H2,1-3H3/t14-,16?,17+,18-,19-,20+,21-/m1/s1. The van der Waals surface area contributed by atoms with Crippen molar-refractivity contribution >= 4 is 10.1 Å². The SMILES string of the molecule is C[C@@H]1CC[C@@H]2[C@]34OO[C@@](C)(CCC13)O[C@H]4O[C@]2(C)COS(=O)(=O)c1ccccc1. The fourth-order valence-corrected chi connectivity index (χ4v) is 6.81. The summed E-state index contributed by atoms with van der Waals surface area (Å²) in [6, 6.07) is 8.16. The first-order valence-electron chi connectivity index (χ1n) is 10.4. The Hall–Kier alpha value is -1.03. The molecule has 160 valence electrons. The van der Waals surface area contributed by atoms with Gasteiger partial charge in [-0.15, -0.1) is 0 Å². The van der Waals surface area contributed by atoms with Gasteiger partial charge in [0.05, 0.1) is 17.1 Å². The molecule has 1 aliphatic carbocycles. The number of hydrogen-bond donors (Lipinski definition) is 0. The molecule has 7 nitrogen and oxygen atoms in total. The molecule has 1 spiro atoms. The molecule has 2 bridgehead atoms. The molecule has 0 radical (unpaired) electrons. The Labute approximate surface area is 171 Å². The smallest absolute Gasteiger partial charge is 0.297 e. The average molecular weight is 425 g/mol. The monoisotopic (exact) mass is 424 g/mol. The summed E-state index contributed by atoms with van der Waals surface area (Å²) in [5.41, 5.74) is -1.60. The van der Waals surface area contributed by atoms with Gasteiger partial charge in [0, 0.05) is 12.3 Å². The van der Waals surface area contributed by atoms with Crippen LogP contribution in [0.2, 0.25) is 0 Å². The summed E-state index contributed by atoms with van der Waals surface area (Å²) in [4.78, 5) is 12.0. The molecule has 1 aromatic carbocycles. The number of benzene rings is 1. The molecule has 4 aliphatic heterocycles. The quantitative estimate of drug-likeness (QED) is 0.541.